The summed E-state index contributed by atoms with van der Waals surface area (Å²) in [6.07, 6.45) is 59.9. The number of hydrogen-bond acceptors (Lipinski definition) is 5. The van der Waals surface area contributed by atoms with E-state index < -0.39 is 18.2 Å². The van der Waals surface area contributed by atoms with E-state index in [4.69, 9.17) is 4.74 Å². The monoisotopic (exact) mass is 838 g/mol. The smallest absolute Gasteiger partial charge is 0.306 e. The van der Waals surface area contributed by atoms with Gasteiger partial charge in [0, 0.05) is 6.42 Å². The summed E-state index contributed by atoms with van der Waals surface area (Å²) in [5.74, 6) is -0.632. The Morgan fingerprint density at radius 2 is 1.00 bits per heavy atom. The molecule has 346 valence electrons. The lowest BCUT2D eigenvalue weighted by atomic mass is 10.0. The van der Waals surface area contributed by atoms with E-state index in [1.807, 2.05) is 30.4 Å². The minimum absolute atomic E-state index is 0.0409. The van der Waals surface area contributed by atoms with E-state index in [1.54, 1.807) is 0 Å². The first kappa shape index (κ1) is 57.3. The number of ether oxygens (including phenoxy) is 1. The molecule has 0 aromatic rings. The number of amides is 1. The average Bonchev–Trinajstić information content (AvgIpc) is 3.24. The molecule has 3 atom stereocenters. The zero-order valence-electron chi connectivity index (χ0n) is 39.3. The van der Waals surface area contributed by atoms with Crippen molar-refractivity contribution >= 4 is 11.9 Å². The highest BCUT2D eigenvalue weighted by molar-refractivity contribution is 5.78. The van der Waals surface area contributed by atoms with Crippen molar-refractivity contribution in [3.05, 3.63) is 72.9 Å². The van der Waals surface area contributed by atoms with Crippen LogP contribution in [0.25, 0.3) is 0 Å². The van der Waals surface area contributed by atoms with Gasteiger partial charge in [-0.2, -0.15) is 0 Å². The first-order valence-corrected chi connectivity index (χ1v) is 25.2. The molecule has 0 saturated heterocycles. The standard InChI is InChI=1S/C54H95NO5/c1-4-7-10-13-16-19-22-24-26-28-31-34-37-40-43-46-52(57)51(49-56)55-53(58)48-50(45-42-39-36-33-30-21-18-15-12-9-6-3)60-54(59)47-44-41-38-35-32-29-27-25-23-20-17-14-11-8-5-2/h8,11,14,17,20,23,25,27,33,36,42,45,50-52,56-57H,4-7,9-10,12-13,15-16,18-19,21-22,24,26,28-32,34-35,37-41,43-44,46-49H2,1-3H3,(H,55,58)/b11-8+,17-14+,23-20+,27-25-,36-33-,45-42+. The predicted octanol–water partition coefficient (Wildman–Crippen LogP) is 15.0. The molecule has 0 rings (SSSR count). The van der Waals surface area contributed by atoms with Crippen molar-refractivity contribution in [3.8, 4) is 0 Å². The molecule has 3 N–H and O–H groups in total. The molecule has 0 fully saturated rings. The number of allylic oxidation sites excluding steroid dienone is 11. The highest BCUT2D eigenvalue weighted by Crippen LogP contribution is 2.16. The molecule has 0 spiro atoms. The Morgan fingerprint density at radius 1 is 0.533 bits per heavy atom. The Bertz CT molecular complexity index is 1120. The minimum atomic E-state index is -0.817. The van der Waals surface area contributed by atoms with Gasteiger partial charge < -0.3 is 20.3 Å². The van der Waals surface area contributed by atoms with Crippen LogP contribution in [0, 0.1) is 0 Å². The van der Waals surface area contributed by atoms with E-state index in [9.17, 15) is 19.8 Å². The van der Waals surface area contributed by atoms with Gasteiger partial charge in [0.05, 0.1) is 25.2 Å². The van der Waals surface area contributed by atoms with Crippen molar-refractivity contribution in [1.82, 2.24) is 5.32 Å². The fourth-order valence-corrected chi connectivity index (χ4v) is 7.29. The van der Waals surface area contributed by atoms with Crippen LogP contribution < -0.4 is 5.32 Å². The van der Waals surface area contributed by atoms with Crippen LogP contribution in [0.5, 0.6) is 0 Å². The van der Waals surface area contributed by atoms with E-state index in [2.05, 4.69) is 68.6 Å². The average molecular weight is 838 g/mol. The van der Waals surface area contributed by atoms with Crippen LogP contribution >= 0.6 is 0 Å². The molecular weight excluding hydrogens is 743 g/mol. The van der Waals surface area contributed by atoms with Crippen LogP contribution in [-0.4, -0.2) is 46.9 Å². The molecule has 3 unspecified atom stereocenters. The molecule has 0 aliphatic carbocycles. The molecule has 1 amide bonds. The lowest BCUT2D eigenvalue weighted by Crippen LogP contribution is -2.46. The Balaban J connectivity index is 4.64. The SMILES string of the molecule is CC/C=C/C=C/C=C/C=C\CCCCCCCC(=O)OC(/C=C/C/C=C\CCCCCCCC)CC(=O)NC(CO)C(O)CCCCCCCCCCCCCCCCC. The molecule has 0 aromatic heterocycles. The fourth-order valence-electron chi connectivity index (χ4n) is 7.29. The summed E-state index contributed by atoms with van der Waals surface area (Å²) in [4.78, 5) is 26.0. The molecule has 0 bridgehead atoms. The van der Waals surface area contributed by atoms with Crippen LogP contribution in [0.3, 0.4) is 0 Å². The number of carbonyl (C=O) groups is 2. The van der Waals surface area contributed by atoms with Crippen molar-refractivity contribution in [1.29, 1.82) is 0 Å². The van der Waals surface area contributed by atoms with Crippen molar-refractivity contribution < 1.29 is 24.5 Å². The van der Waals surface area contributed by atoms with Gasteiger partial charge in [-0.15, -0.1) is 0 Å². The van der Waals surface area contributed by atoms with Crippen molar-refractivity contribution in [2.75, 3.05) is 6.61 Å². The number of aliphatic hydroxyl groups excluding tert-OH is 2. The van der Waals surface area contributed by atoms with Crippen molar-refractivity contribution in [2.45, 2.75) is 251 Å². The first-order valence-electron chi connectivity index (χ1n) is 25.2. The van der Waals surface area contributed by atoms with Crippen LogP contribution in [0.15, 0.2) is 72.9 Å². The molecule has 0 radical (unpaired) electrons. The van der Waals surface area contributed by atoms with Gasteiger partial charge in [0.15, 0.2) is 0 Å². The fraction of sp³-hybridized carbons (Fsp3) is 0.741. The van der Waals surface area contributed by atoms with Gasteiger partial charge in [0.2, 0.25) is 5.91 Å². The Morgan fingerprint density at radius 3 is 1.53 bits per heavy atom. The zero-order valence-corrected chi connectivity index (χ0v) is 39.3. The van der Waals surface area contributed by atoms with Crippen LogP contribution in [0.2, 0.25) is 0 Å². The maximum atomic E-state index is 13.1. The van der Waals surface area contributed by atoms with Gasteiger partial charge in [-0.05, 0) is 57.4 Å². The van der Waals surface area contributed by atoms with Gasteiger partial charge in [0.25, 0.3) is 0 Å². The van der Waals surface area contributed by atoms with Gasteiger partial charge in [-0.1, -0.05) is 235 Å². The van der Waals surface area contributed by atoms with Gasteiger partial charge in [0.1, 0.15) is 6.10 Å². The number of unbranched alkanes of at least 4 members (excludes halogenated alkanes) is 25. The summed E-state index contributed by atoms with van der Waals surface area (Å²) in [6.45, 7) is 6.30. The molecule has 0 saturated carbocycles. The maximum Gasteiger partial charge on any atom is 0.306 e. The topological polar surface area (TPSA) is 95.9 Å². The molecule has 0 aromatic carbocycles. The van der Waals surface area contributed by atoms with E-state index in [1.165, 1.54) is 116 Å². The Labute approximate surface area is 371 Å². The summed E-state index contributed by atoms with van der Waals surface area (Å²) < 4.78 is 5.81. The normalized spacial score (nSPS) is 13.9. The zero-order chi connectivity index (χ0) is 43.8. The molecule has 0 aliphatic heterocycles. The number of esters is 1. The largest absolute Gasteiger partial charge is 0.458 e. The van der Waals surface area contributed by atoms with Crippen molar-refractivity contribution in [3.63, 3.8) is 0 Å². The van der Waals surface area contributed by atoms with Gasteiger partial charge in [-0.3, -0.25) is 9.59 Å². The Hall–Kier alpha value is -2.70. The molecule has 0 aliphatic rings. The number of carbonyl (C=O) groups excluding carboxylic acids is 2. The first-order chi connectivity index (χ1) is 29.5. The highest BCUT2D eigenvalue weighted by Gasteiger charge is 2.23. The van der Waals surface area contributed by atoms with E-state index in [-0.39, 0.29) is 24.9 Å². The lowest BCUT2D eigenvalue weighted by Gasteiger charge is -2.23. The Kier molecular flexibility index (Phi) is 45.2. The van der Waals surface area contributed by atoms with Gasteiger partial charge >= 0.3 is 5.97 Å². The van der Waals surface area contributed by atoms with E-state index in [0.717, 1.165) is 70.6 Å². The lowest BCUT2D eigenvalue weighted by molar-refractivity contribution is -0.148. The molecule has 60 heavy (non-hydrogen) atoms. The van der Waals surface area contributed by atoms with Crippen LogP contribution in [0.1, 0.15) is 233 Å². The summed E-state index contributed by atoms with van der Waals surface area (Å²) in [5.41, 5.74) is 0. The predicted molar refractivity (Wildman–Crippen MR) is 259 cm³/mol. The third kappa shape index (κ3) is 42.0. The number of nitrogens with one attached hydrogen (secondary N) is 1. The minimum Gasteiger partial charge on any atom is -0.458 e. The second-order valence-corrected chi connectivity index (χ2v) is 16.9. The molecular formula is C54H95NO5. The summed E-state index contributed by atoms with van der Waals surface area (Å²) in [5, 5.41) is 23.7. The second-order valence-electron chi connectivity index (χ2n) is 16.9. The molecule has 0 heterocycles. The van der Waals surface area contributed by atoms with Crippen molar-refractivity contribution in [2.24, 2.45) is 0 Å². The maximum absolute atomic E-state index is 13.1. The second kappa shape index (κ2) is 47.4. The summed E-state index contributed by atoms with van der Waals surface area (Å²) in [6, 6.07) is -0.739. The third-order valence-corrected chi connectivity index (χ3v) is 11.1. The summed E-state index contributed by atoms with van der Waals surface area (Å²) >= 11 is 0. The van der Waals surface area contributed by atoms with E-state index >= 15 is 0 Å². The number of hydrogen-bond donors (Lipinski definition) is 3. The third-order valence-electron chi connectivity index (χ3n) is 11.1. The summed E-state index contributed by atoms with van der Waals surface area (Å²) in [7, 11) is 0. The van der Waals surface area contributed by atoms with Crippen LogP contribution in [-0.2, 0) is 14.3 Å². The van der Waals surface area contributed by atoms with Gasteiger partial charge in [-0.25, -0.2) is 0 Å². The molecule has 6 nitrogen and oxygen atoms in total. The highest BCUT2D eigenvalue weighted by atomic mass is 16.5. The van der Waals surface area contributed by atoms with Crippen LogP contribution in [0.4, 0.5) is 0 Å². The quantitative estimate of drug-likeness (QED) is 0.0246. The number of aliphatic hydroxyl groups is 2. The molecule has 6 heteroatoms. The number of rotatable bonds is 44. The van der Waals surface area contributed by atoms with E-state index in [0.29, 0.717) is 19.3 Å².